The highest BCUT2D eigenvalue weighted by Crippen LogP contribution is 2.31. The molecular weight excluding hydrogens is 336 g/mol. The van der Waals surface area contributed by atoms with Gasteiger partial charge in [-0.2, -0.15) is 0 Å². The van der Waals surface area contributed by atoms with Crippen molar-refractivity contribution >= 4 is 17.4 Å². The Morgan fingerprint density at radius 1 is 1.11 bits per heavy atom. The predicted octanol–water partition coefficient (Wildman–Crippen LogP) is 3.80. The number of aryl methyl sites for hydroxylation is 2. The van der Waals surface area contributed by atoms with Crippen LogP contribution in [0, 0.1) is 6.92 Å². The summed E-state index contributed by atoms with van der Waals surface area (Å²) in [5.41, 5.74) is 5.07. The number of nitrogens with zero attached hydrogens (tertiary/aromatic N) is 3. The fourth-order valence-electron chi connectivity index (χ4n) is 3.44. The molecule has 0 saturated carbocycles. The second-order valence-electron chi connectivity index (χ2n) is 6.82. The van der Waals surface area contributed by atoms with Crippen molar-refractivity contribution in [1.82, 2.24) is 15.3 Å². The van der Waals surface area contributed by atoms with E-state index in [1.807, 2.05) is 31.2 Å². The number of carbonyl (C=O) groups excluding carboxylic acids is 1. The third kappa shape index (κ3) is 3.82. The topological polar surface area (TPSA) is 58.1 Å². The molecule has 136 valence electrons. The van der Waals surface area contributed by atoms with Crippen LogP contribution in [0.2, 0.25) is 0 Å². The highest BCUT2D eigenvalue weighted by atomic mass is 16.1. The Labute approximate surface area is 159 Å². The van der Waals surface area contributed by atoms with E-state index >= 15 is 0 Å². The summed E-state index contributed by atoms with van der Waals surface area (Å²) in [6.45, 7) is 3.42. The van der Waals surface area contributed by atoms with Crippen LogP contribution in [-0.4, -0.2) is 22.4 Å². The van der Waals surface area contributed by atoms with E-state index in [1.165, 1.54) is 16.8 Å². The zero-order valence-electron chi connectivity index (χ0n) is 15.4. The number of hydrogen-bond donors (Lipinski definition) is 1. The quantitative estimate of drug-likeness (QED) is 0.771. The minimum atomic E-state index is -0.213. The molecule has 1 aliphatic heterocycles. The molecule has 0 aliphatic carbocycles. The van der Waals surface area contributed by atoms with Gasteiger partial charge in [0, 0.05) is 18.8 Å². The second-order valence-corrected chi connectivity index (χ2v) is 6.82. The molecule has 1 aromatic heterocycles. The van der Waals surface area contributed by atoms with Crippen molar-refractivity contribution in [2.75, 3.05) is 11.4 Å². The number of amides is 1. The van der Waals surface area contributed by atoms with Gasteiger partial charge in [-0.1, -0.05) is 48.0 Å². The molecule has 0 fully saturated rings. The lowest BCUT2D eigenvalue weighted by atomic mass is 10.0. The molecule has 2 heterocycles. The van der Waals surface area contributed by atoms with Gasteiger partial charge < -0.3 is 10.2 Å². The molecule has 0 saturated heterocycles. The molecule has 3 aromatic rings. The van der Waals surface area contributed by atoms with Crippen molar-refractivity contribution in [1.29, 1.82) is 0 Å². The average Bonchev–Trinajstić information content (AvgIpc) is 2.72. The van der Waals surface area contributed by atoms with Crippen LogP contribution in [0.1, 0.15) is 33.6 Å². The minimum Gasteiger partial charge on any atom is -0.347 e. The summed E-state index contributed by atoms with van der Waals surface area (Å²) in [6.07, 6.45) is 5.40. The van der Waals surface area contributed by atoms with Gasteiger partial charge >= 0.3 is 0 Å². The molecule has 0 atom stereocenters. The maximum absolute atomic E-state index is 12.4. The zero-order chi connectivity index (χ0) is 18.6. The Kier molecular flexibility index (Phi) is 4.83. The molecule has 4 rings (SSSR count). The van der Waals surface area contributed by atoms with Crippen molar-refractivity contribution in [3.63, 3.8) is 0 Å². The average molecular weight is 358 g/mol. The van der Waals surface area contributed by atoms with E-state index in [9.17, 15) is 4.79 Å². The van der Waals surface area contributed by atoms with E-state index in [-0.39, 0.29) is 5.91 Å². The molecule has 0 bridgehead atoms. The number of aromatic nitrogens is 2. The first-order valence-electron chi connectivity index (χ1n) is 9.22. The number of rotatable bonds is 4. The number of benzene rings is 2. The highest BCUT2D eigenvalue weighted by molar-refractivity contribution is 5.92. The van der Waals surface area contributed by atoms with E-state index in [2.05, 4.69) is 44.5 Å². The summed E-state index contributed by atoms with van der Waals surface area (Å²) in [7, 11) is 0. The van der Waals surface area contributed by atoms with Gasteiger partial charge in [-0.3, -0.25) is 4.79 Å². The SMILES string of the molecule is Cc1cccc(CNC(=O)c2cnc(N3CCCc4ccccc43)cn2)c1. The molecular formula is C22H22N4O. The van der Waals surface area contributed by atoms with Crippen LogP contribution in [0.25, 0.3) is 0 Å². The highest BCUT2D eigenvalue weighted by Gasteiger charge is 2.19. The molecule has 0 spiro atoms. The molecule has 1 N–H and O–H groups in total. The lowest BCUT2D eigenvalue weighted by Crippen LogP contribution is -2.27. The van der Waals surface area contributed by atoms with Crippen LogP contribution in [0.3, 0.4) is 0 Å². The Bertz CT molecular complexity index is 953. The van der Waals surface area contributed by atoms with Gasteiger partial charge in [0.2, 0.25) is 0 Å². The molecule has 2 aromatic carbocycles. The van der Waals surface area contributed by atoms with Crippen LogP contribution in [0.15, 0.2) is 60.9 Å². The van der Waals surface area contributed by atoms with Gasteiger partial charge in [-0.25, -0.2) is 9.97 Å². The van der Waals surface area contributed by atoms with Crippen LogP contribution in [0.5, 0.6) is 0 Å². The first-order valence-corrected chi connectivity index (χ1v) is 9.22. The Hall–Kier alpha value is -3.21. The summed E-state index contributed by atoms with van der Waals surface area (Å²) in [5.74, 6) is 0.562. The lowest BCUT2D eigenvalue weighted by molar-refractivity contribution is 0.0945. The van der Waals surface area contributed by atoms with Crippen LogP contribution in [-0.2, 0) is 13.0 Å². The number of carbonyl (C=O) groups is 1. The van der Waals surface area contributed by atoms with E-state index in [0.717, 1.165) is 30.8 Å². The number of para-hydroxylation sites is 1. The van der Waals surface area contributed by atoms with Gasteiger partial charge in [0.1, 0.15) is 5.69 Å². The second kappa shape index (κ2) is 7.58. The molecule has 0 unspecified atom stereocenters. The van der Waals surface area contributed by atoms with Crippen molar-refractivity contribution in [3.8, 4) is 0 Å². The largest absolute Gasteiger partial charge is 0.347 e. The van der Waals surface area contributed by atoms with E-state index in [1.54, 1.807) is 12.4 Å². The molecule has 1 amide bonds. The summed E-state index contributed by atoms with van der Waals surface area (Å²) < 4.78 is 0. The summed E-state index contributed by atoms with van der Waals surface area (Å²) in [5, 5.41) is 2.90. The van der Waals surface area contributed by atoms with Crippen molar-refractivity contribution in [2.24, 2.45) is 0 Å². The third-order valence-electron chi connectivity index (χ3n) is 4.79. The fourth-order valence-corrected chi connectivity index (χ4v) is 3.44. The van der Waals surface area contributed by atoms with Crippen molar-refractivity contribution < 1.29 is 4.79 Å². The smallest absolute Gasteiger partial charge is 0.271 e. The summed E-state index contributed by atoms with van der Waals surface area (Å²) in [4.78, 5) is 23.4. The first kappa shape index (κ1) is 17.2. The van der Waals surface area contributed by atoms with Crippen molar-refractivity contribution in [2.45, 2.75) is 26.3 Å². The minimum absolute atomic E-state index is 0.213. The summed E-state index contributed by atoms with van der Waals surface area (Å²) >= 11 is 0. The predicted molar refractivity (Wildman–Crippen MR) is 106 cm³/mol. The Morgan fingerprint density at radius 2 is 2.00 bits per heavy atom. The Balaban J connectivity index is 1.45. The van der Waals surface area contributed by atoms with Gasteiger partial charge in [-0.15, -0.1) is 0 Å². The standard InChI is InChI=1S/C22H22N4O/c1-16-6-4-7-17(12-16)13-25-22(27)19-14-24-21(15-23-19)26-11-5-9-18-8-2-3-10-20(18)26/h2-4,6-8,10,12,14-15H,5,9,11,13H2,1H3,(H,25,27). The zero-order valence-corrected chi connectivity index (χ0v) is 15.4. The van der Waals surface area contributed by atoms with E-state index in [4.69, 9.17) is 0 Å². The molecule has 5 heteroatoms. The van der Waals surface area contributed by atoms with Crippen LogP contribution >= 0.6 is 0 Å². The normalized spacial score (nSPS) is 13.1. The maximum atomic E-state index is 12.4. The molecule has 27 heavy (non-hydrogen) atoms. The lowest BCUT2D eigenvalue weighted by Gasteiger charge is -2.30. The Morgan fingerprint density at radius 3 is 2.81 bits per heavy atom. The van der Waals surface area contributed by atoms with E-state index in [0.29, 0.717) is 12.2 Å². The van der Waals surface area contributed by atoms with E-state index < -0.39 is 0 Å². The third-order valence-corrected chi connectivity index (χ3v) is 4.79. The first-order chi connectivity index (χ1) is 13.2. The number of fused-ring (bicyclic) bond motifs is 1. The molecule has 1 aliphatic rings. The fraction of sp³-hybridized carbons (Fsp3) is 0.227. The van der Waals surface area contributed by atoms with Crippen LogP contribution < -0.4 is 10.2 Å². The maximum Gasteiger partial charge on any atom is 0.271 e. The van der Waals surface area contributed by atoms with Gasteiger partial charge in [0.25, 0.3) is 5.91 Å². The van der Waals surface area contributed by atoms with Crippen LogP contribution in [0.4, 0.5) is 11.5 Å². The van der Waals surface area contributed by atoms with Crippen molar-refractivity contribution in [3.05, 3.63) is 83.3 Å². The monoisotopic (exact) mass is 358 g/mol. The number of hydrogen-bond acceptors (Lipinski definition) is 4. The molecule has 5 nitrogen and oxygen atoms in total. The summed E-state index contributed by atoms with van der Waals surface area (Å²) in [6, 6.07) is 16.4. The van der Waals surface area contributed by atoms with Gasteiger partial charge in [-0.05, 0) is 37.0 Å². The number of nitrogens with one attached hydrogen (secondary N) is 1. The van der Waals surface area contributed by atoms with Gasteiger partial charge in [0.15, 0.2) is 5.82 Å². The van der Waals surface area contributed by atoms with Gasteiger partial charge in [0.05, 0.1) is 12.4 Å². The molecule has 0 radical (unpaired) electrons. The number of anilines is 2.